The van der Waals surface area contributed by atoms with Crippen LogP contribution in [-0.4, -0.2) is 36.2 Å². The van der Waals surface area contributed by atoms with Gasteiger partial charge in [0.15, 0.2) is 0 Å². The molecule has 0 radical (unpaired) electrons. The van der Waals surface area contributed by atoms with Gasteiger partial charge in [-0.15, -0.1) is 0 Å². The molecule has 1 spiro atoms. The van der Waals surface area contributed by atoms with E-state index in [1.54, 1.807) is 56.5 Å². The van der Waals surface area contributed by atoms with Gasteiger partial charge in [-0.3, -0.25) is 14.9 Å². The molecule has 29 heavy (non-hydrogen) atoms. The predicted octanol–water partition coefficient (Wildman–Crippen LogP) is 2.49. The van der Waals surface area contributed by atoms with E-state index in [0.717, 1.165) is 0 Å². The molecule has 0 saturated carbocycles. The van der Waals surface area contributed by atoms with Crippen molar-refractivity contribution in [3.05, 3.63) is 53.1 Å². The second kappa shape index (κ2) is 7.33. The Bertz CT molecular complexity index is 963. The molecular formula is C21H22ClN3O4. The van der Waals surface area contributed by atoms with Crippen molar-refractivity contribution in [1.29, 1.82) is 0 Å². The number of halogens is 1. The van der Waals surface area contributed by atoms with Crippen LogP contribution >= 0.6 is 11.6 Å². The summed E-state index contributed by atoms with van der Waals surface area (Å²) in [7, 11) is 1.57. The number of methoxy groups -OCH3 is 1. The highest BCUT2D eigenvalue weighted by Gasteiger charge is 2.61. The molecule has 2 aliphatic heterocycles. The van der Waals surface area contributed by atoms with Crippen LogP contribution in [0.3, 0.4) is 0 Å². The fourth-order valence-electron chi connectivity index (χ4n) is 4.21. The monoisotopic (exact) mass is 415 g/mol. The third-order valence-electron chi connectivity index (χ3n) is 5.72. The summed E-state index contributed by atoms with van der Waals surface area (Å²) >= 11 is 6.28. The van der Waals surface area contributed by atoms with E-state index < -0.39 is 23.6 Å². The van der Waals surface area contributed by atoms with Crippen LogP contribution in [0, 0.1) is 5.92 Å². The van der Waals surface area contributed by atoms with E-state index in [-0.39, 0.29) is 11.8 Å². The highest BCUT2D eigenvalue weighted by atomic mass is 35.5. The fraction of sp³-hybridized carbons (Fsp3) is 0.333. The molecular weight excluding hydrogens is 394 g/mol. The van der Waals surface area contributed by atoms with Crippen molar-refractivity contribution in [1.82, 2.24) is 5.32 Å². The first-order valence-electron chi connectivity index (χ1n) is 9.38. The minimum Gasteiger partial charge on any atom is -0.497 e. The van der Waals surface area contributed by atoms with E-state index in [4.69, 9.17) is 16.3 Å². The van der Waals surface area contributed by atoms with Gasteiger partial charge in [0.05, 0.1) is 29.8 Å². The number of para-hydroxylation sites is 1. The molecule has 2 heterocycles. The van der Waals surface area contributed by atoms with Crippen LogP contribution in [0.2, 0.25) is 5.02 Å². The lowest BCUT2D eigenvalue weighted by Gasteiger charge is -2.29. The number of anilines is 2. The smallest absolute Gasteiger partial charge is 0.250 e. The zero-order chi connectivity index (χ0) is 20.8. The van der Waals surface area contributed by atoms with Crippen LogP contribution in [-0.2, 0) is 15.1 Å². The second-order valence-corrected chi connectivity index (χ2v) is 7.83. The van der Waals surface area contributed by atoms with Gasteiger partial charge < -0.3 is 20.5 Å². The first-order valence-corrected chi connectivity index (χ1v) is 9.75. The Kier molecular flexibility index (Phi) is 4.98. The predicted molar refractivity (Wildman–Crippen MR) is 110 cm³/mol. The summed E-state index contributed by atoms with van der Waals surface area (Å²) in [6.07, 6.45) is -0.430. The quantitative estimate of drug-likeness (QED) is 0.614. The number of carbonyl (C=O) groups excluding carboxylic acids is 2. The molecule has 2 aromatic carbocycles. The minimum atomic E-state index is -1.29. The topological polar surface area (TPSA) is 99.7 Å². The molecule has 0 aromatic heterocycles. The zero-order valence-corrected chi connectivity index (χ0v) is 16.8. The van der Waals surface area contributed by atoms with Crippen LogP contribution in [0.4, 0.5) is 11.4 Å². The van der Waals surface area contributed by atoms with Gasteiger partial charge in [-0.1, -0.05) is 23.7 Å². The van der Waals surface area contributed by atoms with Gasteiger partial charge in [-0.2, -0.15) is 0 Å². The van der Waals surface area contributed by atoms with Crippen molar-refractivity contribution < 1.29 is 19.4 Å². The van der Waals surface area contributed by atoms with E-state index in [2.05, 4.69) is 16.0 Å². The molecule has 2 aliphatic rings. The number of hydrogen-bond donors (Lipinski definition) is 4. The van der Waals surface area contributed by atoms with Gasteiger partial charge in [0.25, 0.3) is 0 Å². The Labute approximate surface area is 173 Å². The Morgan fingerprint density at radius 2 is 2.03 bits per heavy atom. The first-order chi connectivity index (χ1) is 13.9. The average molecular weight is 416 g/mol. The van der Waals surface area contributed by atoms with E-state index >= 15 is 0 Å². The van der Waals surface area contributed by atoms with Crippen LogP contribution < -0.4 is 20.7 Å². The number of fused-ring (bicyclic) bond motifs is 2. The molecule has 8 heteroatoms. The van der Waals surface area contributed by atoms with Crippen LogP contribution in [0.5, 0.6) is 5.75 Å². The van der Waals surface area contributed by atoms with E-state index in [1.165, 1.54) is 0 Å². The highest BCUT2D eigenvalue weighted by molar-refractivity contribution is 6.35. The molecule has 4 N–H and O–H groups in total. The number of ether oxygens (including phenoxy) is 1. The van der Waals surface area contributed by atoms with Crippen molar-refractivity contribution in [2.45, 2.75) is 31.0 Å². The van der Waals surface area contributed by atoms with Gasteiger partial charge in [0, 0.05) is 17.3 Å². The molecule has 4 atom stereocenters. The number of rotatable bonds is 4. The third kappa shape index (κ3) is 3.15. The molecule has 152 valence electrons. The van der Waals surface area contributed by atoms with Crippen molar-refractivity contribution >= 4 is 34.8 Å². The fourth-order valence-corrected chi connectivity index (χ4v) is 4.43. The normalized spacial score (nSPS) is 26.1. The number of aliphatic hydroxyl groups is 1. The van der Waals surface area contributed by atoms with Crippen molar-refractivity contribution in [3.8, 4) is 5.75 Å². The first kappa shape index (κ1) is 19.7. The second-order valence-electron chi connectivity index (χ2n) is 7.42. The number of hydrogen-bond acceptors (Lipinski definition) is 5. The van der Waals surface area contributed by atoms with E-state index in [9.17, 15) is 14.7 Å². The van der Waals surface area contributed by atoms with Crippen LogP contribution in [0.1, 0.15) is 18.9 Å². The van der Waals surface area contributed by atoms with Gasteiger partial charge in [-0.05, 0) is 43.7 Å². The van der Waals surface area contributed by atoms with Crippen LogP contribution in [0.25, 0.3) is 0 Å². The third-order valence-corrected chi connectivity index (χ3v) is 6.03. The lowest BCUT2D eigenvalue weighted by atomic mass is 9.79. The lowest BCUT2D eigenvalue weighted by Crippen LogP contribution is -2.53. The van der Waals surface area contributed by atoms with Crippen molar-refractivity contribution in [3.63, 3.8) is 0 Å². The highest BCUT2D eigenvalue weighted by Crippen LogP contribution is 2.49. The Morgan fingerprint density at radius 3 is 2.69 bits per heavy atom. The molecule has 0 unspecified atom stereocenters. The van der Waals surface area contributed by atoms with Gasteiger partial charge in [0.2, 0.25) is 11.8 Å². The summed E-state index contributed by atoms with van der Waals surface area (Å²) in [6, 6.07) is 11.8. The maximum absolute atomic E-state index is 13.3. The van der Waals surface area contributed by atoms with Crippen molar-refractivity contribution in [2.24, 2.45) is 5.92 Å². The number of benzene rings is 2. The van der Waals surface area contributed by atoms with Crippen LogP contribution in [0.15, 0.2) is 42.5 Å². The zero-order valence-electron chi connectivity index (χ0n) is 16.0. The van der Waals surface area contributed by atoms with E-state index in [1.807, 2.05) is 0 Å². The summed E-state index contributed by atoms with van der Waals surface area (Å²) in [6.45, 7) is 1.64. The molecule has 0 bridgehead atoms. The maximum atomic E-state index is 13.3. The maximum Gasteiger partial charge on any atom is 0.250 e. The summed E-state index contributed by atoms with van der Waals surface area (Å²) in [5, 5.41) is 19.5. The minimum absolute atomic E-state index is 0.305. The number of aliphatic hydroxyl groups excluding tert-OH is 1. The summed E-state index contributed by atoms with van der Waals surface area (Å²) < 4.78 is 5.14. The molecule has 7 nitrogen and oxygen atoms in total. The molecule has 2 aromatic rings. The van der Waals surface area contributed by atoms with Crippen molar-refractivity contribution in [2.75, 3.05) is 17.7 Å². The molecule has 4 rings (SSSR count). The summed E-state index contributed by atoms with van der Waals surface area (Å²) in [5.41, 5.74) is 0.419. The molecule has 1 saturated heterocycles. The molecule has 0 aliphatic carbocycles. The Balaban J connectivity index is 1.71. The van der Waals surface area contributed by atoms with Gasteiger partial charge in [0.1, 0.15) is 11.3 Å². The SMILES string of the molecule is COc1ccc(NC(=O)[C@@H]2C[C@H]([C@H](C)O)N[C@]23C(=O)Nc2c(Cl)cccc23)cc1. The average Bonchev–Trinajstić information content (AvgIpc) is 3.24. The van der Waals surface area contributed by atoms with Gasteiger partial charge >= 0.3 is 0 Å². The molecule has 1 fully saturated rings. The lowest BCUT2D eigenvalue weighted by molar-refractivity contribution is -0.130. The largest absolute Gasteiger partial charge is 0.497 e. The number of amides is 2. The Hall–Kier alpha value is -2.61. The molecule has 2 amide bonds. The van der Waals surface area contributed by atoms with Gasteiger partial charge in [-0.25, -0.2) is 0 Å². The van der Waals surface area contributed by atoms with E-state index in [0.29, 0.717) is 34.1 Å². The Morgan fingerprint density at radius 1 is 1.31 bits per heavy atom. The number of nitrogens with one attached hydrogen (secondary N) is 3. The summed E-state index contributed by atoms with van der Waals surface area (Å²) in [5.74, 6) is -0.716. The standard InChI is InChI=1S/C21H22ClN3O4/c1-11(26)17-10-15(19(27)23-12-6-8-13(29-2)9-7-12)21(25-17)14-4-3-5-16(22)18(14)24-20(21)28/h3-9,11,15,17,25-26H,10H2,1-2H3,(H,23,27)(H,24,28)/t11-,15-,17+,21-/m0/s1. The summed E-state index contributed by atoms with van der Waals surface area (Å²) in [4.78, 5) is 26.4. The number of carbonyl (C=O) groups is 2.